The summed E-state index contributed by atoms with van der Waals surface area (Å²) < 4.78 is 77.7. The first kappa shape index (κ1) is 49.4. The summed E-state index contributed by atoms with van der Waals surface area (Å²) in [7, 11) is -8.11. The van der Waals surface area contributed by atoms with Crippen molar-refractivity contribution >= 4 is 20.2 Å². The van der Waals surface area contributed by atoms with Gasteiger partial charge in [0.15, 0.2) is 0 Å². The lowest BCUT2D eigenvalue weighted by molar-refractivity contribution is -0.00156. The number of unbranched alkanes of at least 4 members (excludes halogenated alkanes) is 1. The summed E-state index contributed by atoms with van der Waals surface area (Å²) in [6.45, 7) is 10.8. The summed E-state index contributed by atoms with van der Waals surface area (Å²) >= 11 is 0. The second kappa shape index (κ2) is 30.8. The quantitative estimate of drug-likeness (QED) is 0.0268. The Morgan fingerprint density at radius 3 is 1.64 bits per heavy atom. The Morgan fingerprint density at radius 1 is 0.660 bits per heavy atom. The van der Waals surface area contributed by atoms with Crippen LogP contribution in [0.5, 0.6) is 0 Å². The van der Waals surface area contributed by atoms with Crippen molar-refractivity contribution < 1.29 is 55.5 Å². The molecule has 0 aliphatic rings. The molecule has 302 valence electrons. The largest absolute Gasteiger partial charge is 0.389 e. The van der Waals surface area contributed by atoms with E-state index in [-0.39, 0.29) is 52.4 Å². The molecule has 9 N–H and O–H groups in total. The van der Waals surface area contributed by atoms with E-state index in [9.17, 15) is 32.2 Å². The predicted molar refractivity (Wildman–Crippen MR) is 194 cm³/mol. The maximum Gasteiger partial charge on any atom is 0.264 e. The summed E-state index contributed by atoms with van der Waals surface area (Å²) in [6, 6.07) is 0. The van der Waals surface area contributed by atoms with Gasteiger partial charge in [0, 0.05) is 91.8 Å². The van der Waals surface area contributed by atoms with Gasteiger partial charge in [-0.15, -0.1) is 0 Å². The van der Waals surface area contributed by atoms with Gasteiger partial charge in [-0.25, -0.2) is 0 Å². The molecule has 0 rings (SSSR count). The number of nitrogens with one attached hydrogen (secondary N) is 2. The van der Waals surface area contributed by atoms with E-state index in [4.69, 9.17) is 29.0 Å². The molecule has 0 saturated heterocycles. The van der Waals surface area contributed by atoms with E-state index in [1.807, 2.05) is 0 Å². The van der Waals surface area contributed by atoms with Gasteiger partial charge in [0.05, 0.1) is 49.6 Å². The zero-order chi connectivity index (χ0) is 37.7. The van der Waals surface area contributed by atoms with Crippen LogP contribution in [0.25, 0.3) is 0 Å². The van der Waals surface area contributed by atoms with Gasteiger partial charge in [-0.1, -0.05) is 33.1 Å². The first-order valence-corrected chi connectivity index (χ1v) is 21.1. The van der Waals surface area contributed by atoms with Crippen LogP contribution in [-0.4, -0.2) is 193 Å². The highest BCUT2D eigenvalue weighted by Crippen LogP contribution is 2.13. The fourth-order valence-electron chi connectivity index (χ4n) is 5.00. The maximum absolute atomic E-state index is 10.9. The van der Waals surface area contributed by atoms with Crippen LogP contribution in [0.3, 0.4) is 0 Å². The SMILES string of the molecule is CCCCC(CC)COCC(O)CN(CCNCC(O)COCCCS(=O)(=O)O)CCN(CCNCCN)CC(O)COCCCS(=O)(=O)O. The fourth-order valence-corrected chi connectivity index (χ4v) is 5.96. The van der Waals surface area contributed by atoms with E-state index >= 15 is 0 Å². The highest BCUT2D eigenvalue weighted by Gasteiger charge is 2.18. The summed E-state index contributed by atoms with van der Waals surface area (Å²) in [5.41, 5.74) is 5.60. The number of rotatable bonds is 37. The molecule has 0 saturated carbocycles. The number of nitrogens with two attached hydrogens (primary N) is 1. The number of aliphatic hydroxyl groups is 3. The Bertz CT molecular complexity index is 1000. The van der Waals surface area contributed by atoms with Crippen LogP contribution in [0.2, 0.25) is 0 Å². The minimum Gasteiger partial charge on any atom is -0.389 e. The minimum atomic E-state index is -4.06. The third-order valence-corrected chi connectivity index (χ3v) is 9.40. The number of hydrogen-bond acceptors (Lipinski definition) is 15. The second-order valence-corrected chi connectivity index (χ2v) is 15.8. The van der Waals surface area contributed by atoms with Gasteiger partial charge in [0.1, 0.15) is 0 Å². The van der Waals surface area contributed by atoms with Gasteiger partial charge in [0.2, 0.25) is 0 Å². The highest BCUT2D eigenvalue weighted by atomic mass is 32.2. The van der Waals surface area contributed by atoms with Gasteiger partial charge < -0.3 is 45.9 Å². The molecule has 0 aromatic carbocycles. The van der Waals surface area contributed by atoms with Gasteiger partial charge >= 0.3 is 0 Å². The number of hydrogen-bond donors (Lipinski definition) is 8. The Kier molecular flexibility index (Phi) is 30.4. The zero-order valence-corrected chi connectivity index (χ0v) is 32.0. The maximum atomic E-state index is 10.9. The Hall–Kier alpha value is -0.620. The molecule has 50 heavy (non-hydrogen) atoms. The first-order valence-electron chi connectivity index (χ1n) is 17.9. The number of nitrogens with zero attached hydrogens (tertiary/aromatic N) is 2. The van der Waals surface area contributed by atoms with Gasteiger partial charge in [-0.2, -0.15) is 16.8 Å². The number of ether oxygens (including phenoxy) is 3. The highest BCUT2D eigenvalue weighted by molar-refractivity contribution is 7.86. The van der Waals surface area contributed by atoms with E-state index in [1.165, 1.54) is 0 Å². The third-order valence-electron chi connectivity index (χ3n) is 7.79. The lowest BCUT2D eigenvalue weighted by atomic mass is 10.0. The monoisotopic (exact) mass is 767 g/mol. The smallest absolute Gasteiger partial charge is 0.264 e. The molecule has 0 radical (unpaired) electrons. The van der Waals surface area contributed by atoms with Crippen molar-refractivity contribution in [1.82, 2.24) is 20.4 Å². The summed E-state index contributed by atoms with van der Waals surface area (Å²) in [4.78, 5) is 4.16. The van der Waals surface area contributed by atoms with E-state index in [0.29, 0.717) is 78.0 Å². The van der Waals surface area contributed by atoms with Crippen molar-refractivity contribution in [2.45, 2.75) is 70.7 Å². The van der Waals surface area contributed by atoms with Crippen molar-refractivity contribution in [3.8, 4) is 0 Å². The van der Waals surface area contributed by atoms with Crippen molar-refractivity contribution in [1.29, 1.82) is 0 Å². The zero-order valence-electron chi connectivity index (χ0n) is 30.4. The summed E-state index contributed by atoms with van der Waals surface area (Å²) in [5, 5.41) is 38.2. The topological polar surface area (TPSA) is 254 Å². The summed E-state index contributed by atoms with van der Waals surface area (Å²) in [6.07, 6.45) is 2.26. The van der Waals surface area contributed by atoms with Crippen LogP contribution in [-0.2, 0) is 34.4 Å². The molecule has 19 heteroatoms. The van der Waals surface area contributed by atoms with Crippen molar-refractivity contribution in [2.75, 3.05) is 123 Å². The van der Waals surface area contributed by atoms with Crippen LogP contribution < -0.4 is 16.4 Å². The molecule has 17 nitrogen and oxygen atoms in total. The van der Waals surface area contributed by atoms with Crippen LogP contribution in [0.4, 0.5) is 0 Å². The molecular formula is C31H69N5O12S2. The van der Waals surface area contributed by atoms with Gasteiger partial charge in [-0.3, -0.25) is 18.9 Å². The molecule has 4 unspecified atom stereocenters. The summed E-state index contributed by atoms with van der Waals surface area (Å²) in [5.74, 6) is -0.353. The second-order valence-electron chi connectivity index (χ2n) is 12.7. The van der Waals surface area contributed by atoms with Gasteiger partial charge in [-0.05, 0) is 25.2 Å². The molecule has 0 amide bonds. The molecule has 0 aliphatic carbocycles. The lowest BCUT2D eigenvalue weighted by Gasteiger charge is -2.30. The average Bonchev–Trinajstić information content (AvgIpc) is 3.03. The lowest BCUT2D eigenvalue weighted by Crippen LogP contribution is -2.46. The van der Waals surface area contributed by atoms with Crippen LogP contribution in [0, 0.1) is 5.92 Å². The van der Waals surface area contributed by atoms with E-state index in [2.05, 4.69) is 34.3 Å². The predicted octanol–water partition coefficient (Wildman–Crippen LogP) is -1.37. The molecule has 0 heterocycles. The van der Waals surface area contributed by atoms with E-state index in [0.717, 1.165) is 25.7 Å². The van der Waals surface area contributed by atoms with Crippen LogP contribution >= 0.6 is 0 Å². The molecule has 0 bridgehead atoms. The average molecular weight is 768 g/mol. The Balaban J connectivity index is 5.11. The fraction of sp³-hybridized carbons (Fsp3) is 1.00. The Labute approximate surface area is 301 Å². The first-order chi connectivity index (χ1) is 23.7. The normalized spacial score (nSPS) is 15.2. The molecule has 4 atom stereocenters. The van der Waals surface area contributed by atoms with E-state index < -0.39 is 50.1 Å². The van der Waals surface area contributed by atoms with E-state index in [1.54, 1.807) is 0 Å². The molecule has 0 aliphatic heterocycles. The Morgan fingerprint density at radius 2 is 1.16 bits per heavy atom. The van der Waals surface area contributed by atoms with Crippen LogP contribution in [0.1, 0.15) is 52.4 Å². The standard InChI is InChI=1S/C31H69N5O12S2/c1-3-5-8-28(4-2)24-48-27-31(39)23-36(14-12-34-21-29(37)25-46-17-6-19-49(40,41)42)16-15-35(13-11-33-10-9-32)22-30(38)26-47-18-7-20-50(43,44)45/h28-31,33-34,37-39H,3-27,32H2,1-2H3,(H,40,41,42)(H,43,44,45). The van der Waals surface area contributed by atoms with Crippen molar-refractivity contribution in [3.63, 3.8) is 0 Å². The molecule has 0 aromatic heterocycles. The van der Waals surface area contributed by atoms with Gasteiger partial charge in [0.25, 0.3) is 20.2 Å². The number of aliphatic hydroxyl groups excluding tert-OH is 3. The van der Waals surface area contributed by atoms with Crippen LogP contribution in [0.15, 0.2) is 0 Å². The molecular weight excluding hydrogens is 698 g/mol. The third kappa shape index (κ3) is 33.2. The minimum absolute atomic E-state index is 0.00543. The molecule has 0 spiro atoms. The van der Waals surface area contributed by atoms with Crippen molar-refractivity contribution in [2.24, 2.45) is 11.7 Å². The van der Waals surface area contributed by atoms with Crippen molar-refractivity contribution in [3.05, 3.63) is 0 Å². The molecule has 0 aromatic rings. The molecule has 0 fully saturated rings.